The van der Waals surface area contributed by atoms with Gasteiger partial charge in [0.25, 0.3) is 0 Å². The molecule has 0 unspecified atom stereocenters. The molecule has 0 bridgehead atoms. The van der Waals surface area contributed by atoms with Gasteiger partial charge in [0.2, 0.25) is 5.88 Å². The number of nitrogens with one attached hydrogen (secondary N) is 1. The Morgan fingerprint density at radius 3 is 2.96 bits per heavy atom. The predicted octanol–water partition coefficient (Wildman–Crippen LogP) is 2.48. The first-order valence-corrected chi connectivity index (χ1v) is 8.96. The van der Waals surface area contributed by atoms with Crippen LogP contribution in [-0.2, 0) is 11.3 Å². The van der Waals surface area contributed by atoms with Gasteiger partial charge in [-0.1, -0.05) is 18.9 Å². The topological polar surface area (TPSA) is 87.4 Å². The molecule has 2 aromatic rings. The fourth-order valence-corrected chi connectivity index (χ4v) is 3.53. The summed E-state index contributed by atoms with van der Waals surface area (Å²) in [6, 6.07) is 11.3. The first-order valence-electron chi connectivity index (χ1n) is 8.96. The molecule has 2 heterocycles. The van der Waals surface area contributed by atoms with Crippen molar-refractivity contribution < 1.29 is 14.4 Å². The standard InChI is InChI=1S/C19H20BN3O3/c21-10-14-5-8-18(23-19(14)25-11-13-3-1-2-4-13)22-16-6-7-17-15(9-16)12-26-20(17)24/h5-9,13,24H,1-4,11-12H2,(H,22,23). The second-order valence-electron chi connectivity index (χ2n) is 6.82. The van der Waals surface area contributed by atoms with Crippen molar-refractivity contribution in [2.24, 2.45) is 5.92 Å². The maximum Gasteiger partial charge on any atom is 0.491 e. The molecule has 0 amide bonds. The SMILES string of the molecule is N#Cc1ccc(Nc2ccc3c(c2)COB3O)nc1OCC1CCCC1. The second-order valence-corrected chi connectivity index (χ2v) is 6.82. The maximum absolute atomic E-state index is 9.70. The number of rotatable bonds is 5. The van der Waals surface area contributed by atoms with Gasteiger partial charge in [-0.3, -0.25) is 0 Å². The van der Waals surface area contributed by atoms with Crippen molar-refractivity contribution in [1.82, 2.24) is 4.98 Å². The lowest BCUT2D eigenvalue weighted by molar-refractivity contribution is 0.243. The molecule has 1 aliphatic carbocycles. The molecule has 0 atom stereocenters. The Bertz CT molecular complexity index is 846. The summed E-state index contributed by atoms with van der Waals surface area (Å²) in [5.74, 6) is 1.55. The van der Waals surface area contributed by atoms with Gasteiger partial charge in [-0.2, -0.15) is 10.2 Å². The Kier molecular flexibility index (Phi) is 4.78. The summed E-state index contributed by atoms with van der Waals surface area (Å²) in [6.07, 6.45) is 4.88. The monoisotopic (exact) mass is 349 g/mol. The van der Waals surface area contributed by atoms with E-state index in [1.807, 2.05) is 18.2 Å². The third kappa shape index (κ3) is 3.52. The summed E-state index contributed by atoms with van der Waals surface area (Å²) in [5, 5.41) is 22.2. The summed E-state index contributed by atoms with van der Waals surface area (Å²) >= 11 is 0. The molecule has 1 aromatic carbocycles. The van der Waals surface area contributed by atoms with Gasteiger partial charge in [0.05, 0.1) is 13.2 Å². The number of anilines is 2. The Morgan fingerprint density at radius 1 is 1.31 bits per heavy atom. The summed E-state index contributed by atoms with van der Waals surface area (Å²) in [4.78, 5) is 4.47. The van der Waals surface area contributed by atoms with Gasteiger partial charge in [0.15, 0.2) is 0 Å². The molecule has 1 aromatic heterocycles. The average molecular weight is 349 g/mol. The van der Waals surface area contributed by atoms with Crippen molar-refractivity contribution in [3.63, 3.8) is 0 Å². The third-order valence-corrected chi connectivity index (χ3v) is 4.99. The van der Waals surface area contributed by atoms with Crippen molar-refractivity contribution in [1.29, 1.82) is 5.26 Å². The van der Waals surface area contributed by atoms with Gasteiger partial charge in [0, 0.05) is 5.69 Å². The molecular formula is C19H20BN3O3. The number of fused-ring (bicyclic) bond motifs is 1. The van der Waals surface area contributed by atoms with Crippen LogP contribution >= 0.6 is 0 Å². The zero-order valence-corrected chi connectivity index (χ0v) is 14.4. The molecule has 6 nitrogen and oxygen atoms in total. The van der Waals surface area contributed by atoms with E-state index in [0.29, 0.717) is 36.4 Å². The normalized spacial score (nSPS) is 16.4. The van der Waals surface area contributed by atoms with Crippen LogP contribution in [0.15, 0.2) is 30.3 Å². The van der Waals surface area contributed by atoms with E-state index in [9.17, 15) is 10.3 Å². The lowest BCUT2D eigenvalue weighted by Crippen LogP contribution is -2.27. The number of nitrogens with zero attached hydrogens (tertiary/aromatic N) is 2. The summed E-state index contributed by atoms with van der Waals surface area (Å²) < 4.78 is 11.1. The predicted molar refractivity (Wildman–Crippen MR) is 98.5 cm³/mol. The fraction of sp³-hybridized carbons (Fsp3) is 0.368. The minimum atomic E-state index is -0.845. The highest BCUT2D eigenvalue weighted by molar-refractivity contribution is 6.61. The van der Waals surface area contributed by atoms with Crippen molar-refractivity contribution in [3.8, 4) is 11.9 Å². The molecule has 1 fully saturated rings. The van der Waals surface area contributed by atoms with Crippen LogP contribution in [0.2, 0.25) is 0 Å². The van der Waals surface area contributed by atoms with Gasteiger partial charge < -0.3 is 19.7 Å². The van der Waals surface area contributed by atoms with Crippen LogP contribution in [-0.4, -0.2) is 23.7 Å². The minimum absolute atomic E-state index is 0.379. The molecule has 132 valence electrons. The van der Waals surface area contributed by atoms with Crippen molar-refractivity contribution in [2.45, 2.75) is 32.3 Å². The van der Waals surface area contributed by atoms with E-state index in [-0.39, 0.29) is 0 Å². The number of benzene rings is 1. The van der Waals surface area contributed by atoms with Gasteiger partial charge in [0.1, 0.15) is 17.5 Å². The number of nitriles is 1. The molecule has 0 saturated heterocycles. The highest BCUT2D eigenvalue weighted by atomic mass is 16.5. The first-order chi connectivity index (χ1) is 12.7. The van der Waals surface area contributed by atoms with Crippen LogP contribution in [0.4, 0.5) is 11.5 Å². The summed E-state index contributed by atoms with van der Waals surface area (Å²) in [7, 11) is -0.845. The highest BCUT2D eigenvalue weighted by Gasteiger charge is 2.27. The molecule has 2 N–H and O–H groups in total. The Hall–Kier alpha value is -2.56. The molecule has 4 rings (SSSR count). The summed E-state index contributed by atoms with van der Waals surface area (Å²) in [6.45, 7) is 1.00. The van der Waals surface area contributed by atoms with E-state index in [2.05, 4.69) is 16.4 Å². The smallest absolute Gasteiger partial charge is 0.476 e. The number of hydrogen-bond acceptors (Lipinski definition) is 6. The largest absolute Gasteiger partial charge is 0.491 e. The molecular weight excluding hydrogens is 329 g/mol. The molecule has 1 aliphatic heterocycles. The van der Waals surface area contributed by atoms with E-state index in [4.69, 9.17) is 9.39 Å². The van der Waals surface area contributed by atoms with Crippen molar-refractivity contribution in [2.75, 3.05) is 11.9 Å². The van der Waals surface area contributed by atoms with Crippen LogP contribution in [0.3, 0.4) is 0 Å². The molecule has 7 heteroatoms. The van der Waals surface area contributed by atoms with Crippen molar-refractivity contribution in [3.05, 3.63) is 41.5 Å². The number of ether oxygens (including phenoxy) is 1. The highest BCUT2D eigenvalue weighted by Crippen LogP contribution is 2.27. The van der Waals surface area contributed by atoms with E-state index in [0.717, 1.165) is 16.7 Å². The molecule has 1 saturated carbocycles. The van der Waals surface area contributed by atoms with E-state index >= 15 is 0 Å². The quantitative estimate of drug-likeness (QED) is 0.807. The third-order valence-electron chi connectivity index (χ3n) is 4.99. The van der Waals surface area contributed by atoms with Crippen LogP contribution < -0.4 is 15.5 Å². The van der Waals surface area contributed by atoms with Crippen LogP contribution in [0.25, 0.3) is 0 Å². The van der Waals surface area contributed by atoms with Gasteiger partial charge in [-0.05, 0) is 54.1 Å². The van der Waals surface area contributed by atoms with Crippen LogP contribution in [0.5, 0.6) is 5.88 Å². The lowest BCUT2D eigenvalue weighted by Gasteiger charge is -2.13. The molecule has 2 aliphatic rings. The van der Waals surface area contributed by atoms with Crippen LogP contribution in [0.1, 0.15) is 36.8 Å². The average Bonchev–Trinajstić information content (AvgIpc) is 3.30. The van der Waals surface area contributed by atoms with Crippen molar-refractivity contribution >= 4 is 24.1 Å². The van der Waals surface area contributed by atoms with E-state index in [1.165, 1.54) is 25.7 Å². The summed E-state index contributed by atoms with van der Waals surface area (Å²) in [5.41, 5.74) is 3.04. The van der Waals surface area contributed by atoms with Gasteiger partial charge in [-0.25, -0.2) is 0 Å². The zero-order valence-electron chi connectivity index (χ0n) is 14.4. The molecule has 26 heavy (non-hydrogen) atoms. The lowest BCUT2D eigenvalue weighted by atomic mass is 9.79. The maximum atomic E-state index is 9.70. The van der Waals surface area contributed by atoms with Gasteiger partial charge in [-0.15, -0.1) is 0 Å². The van der Waals surface area contributed by atoms with E-state index in [1.54, 1.807) is 12.1 Å². The Labute approximate surface area is 152 Å². The van der Waals surface area contributed by atoms with Gasteiger partial charge >= 0.3 is 7.12 Å². The molecule has 0 radical (unpaired) electrons. The number of aromatic nitrogens is 1. The fourth-order valence-electron chi connectivity index (χ4n) is 3.53. The Balaban J connectivity index is 1.49. The second kappa shape index (κ2) is 7.36. The minimum Gasteiger partial charge on any atom is -0.476 e. The first kappa shape index (κ1) is 16.9. The van der Waals surface area contributed by atoms with E-state index < -0.39 is 7.12 Å². The number of hydrogen-bond donors (Lipinski definition) is 2. The zero-order chi connectivity index (χ0) is 17.9. The number of pyridine rings is 1. The van der Waals surface area contributed by atoms with Crippen LogP contribution in [0, 0.1) is 17.2 Å². The molecule has 0 spiro atoms. The Morgan fingerprint density at radius 2 is 2.15 bits per heavy atom.